The van der Waals surface area contributed by atoms with Gasteiger partial charge in [0.15, 0.2) is 0 Å². The number of hydrogen-bond donors (Lipinski definition) is 1. The van der Waals surface area contributed by atoms with Gasteiger partial charge in [-0.3, -0.25) is 4.79 Å². The second kappa shape index (κ2) is 4.29. The second-order valence-corrected chi connectivity index (χ2v) is 4.50. The van der Waals surface area contributed by atoms with Crippen LogP contribution in [0.1, 0.15) is 29.0 Å². The van der Waals surface area contributed by atoms with Crippen molar-refractivity contribution in [2.75, 3.05) is 13.6 Å². The van der Waals surface area contributed by atoms with Crippen LogP contribution in [0.15, 0.2) is 16.7 Å². The lowest BCUT2D eigenvalue weighted by Crippen LogP contribution is -2.43. The highest BCUT2D eigenvalue weighted by Gasteiger charge is 2.35. The van der Waals surface area contributed by atoms with E-state index in [2.05, 4.69) is 0 Å². The number of likely N-dealkylation sites (N-methyl/N-ethyl adjacent to an activating group) is 1. The maximum Gasteiger partial charge on any atom is 0.257 e. The number of nitrogens with two attached hydrogens (primary N) is 1. The summed E-state index contributed by atoms with van der Waals surface area (Å²) in [4.78, 5) is 13.9. The Kier molecular flexibility index (Phi) is 3.01. The quantitative estimate of drug-likeness (QED) is 0.837. The third-order valence-electron chi connectivity index (χ3n) is 3.20. The van der Waals surface area contributed by atoms with Crippen LogP contribution in [-0.2, 0) is 0 Å². The zero-order valence-corrected chi connectivity index (χ0v) is 9.77. The van der Waals surface area contributed by atoms with Crippen LogP contribution in [0, 0.1) is 12.8 Å². The van der Waals surface area contributed by atoms with E-state index in [1.165, 1.54) is 19.1 Å². The molecule has 88 valence electrons. The van der Waals surface area contributed by atoms with E-state index in [0.29, 0.717) is 18.0 Å². The molecule has 1 aromatic rings. The molecule has 1 heterocycles. The van der Waals surface area contributed by atoms with Crippen molar-refractivity contribution in [3.63, 3.8) is 0 Å². The molecule has 1 atom stereocenters. The molecule has 4 heteroatoms. The van der Waals surface area contributed by atoms with Gasteiger partial charge < -0.3 is 15.1 Å². The Bertz CT molecular complexity index is 382. The lowest BCUT2D eigenvalue weighted by Gasteiger charge is -2.26. The molecule has 4 nitrogen and oxygen atoms in total. The highest BCUT2D eigenvalue weighted by atomic mass is 16.3. The molecule has 1 aromatic heterocycles. The van der Waals surface area contributed by atoms with Gasteiger partial charge in [-0.25, -0.2) is 0 Å². The lowest BCUT2D eigenvalue weighted by atomic mass is 10.1. The van der Waals surface area contributed by atoms with Crippen molar-refractivity contribution in [1.29, 1.82) is 0 Å². The third-order valence-corrected chi connectivity index (χ3v) is 3.20. The third kappa shape index (κ3) is 2.11. The fourth-order valence-corrected chi connectivity index (χ4v) is 2.06. The Balaban J connectivity index is 2.08. The van der Waals surface area contributed by atoms with Gasteiger partial charge in [-0.15, -0.1) is 0 Å². The SMILES string of the molecule is Cc1cc(C(=O)N(C)C(CN)C2CC2)co1. The molecule has 1 saturated carbocycles. The topological polar surface area (TPSA) is 59.5 Å². The minimum absolute atomic E-state index is 0.000741. The first-order chi connectivity index (χ1) is 7.63. The van der Waals surface area contributed by atoms with Gasteiger partial charge in [0.25, 0.3) is 5.91 Å². The van der Waals surface area contributed by atoms with Crippen molar-refractivity contribution < 1.29 is 9.21 Å². The number of amides is 1. The number of nitrogens with zero attached hydrogens (tertiary/aromatic N) is 1. The first-order valence-corrected chi connectivity index (χ1v) is 5.66. The molecule has 0 bridgehead atoms. The van der Waals surface area contributed by atoms with Gasteiger partial charge in [-0.05, 0) is 31.7 Å². The van der Waals surface area contributed by atoms with E-state index >= 15 is 0 Å². The Hall–Kier alpha value is -1.29. The summed E-state index contributed by atoms with van der Waals surface area (Å²) in [5, 5.41) is 0. The normalized spacial score (nSPS) is 17.2. The molecule has 0 radical (unpaired) electrons. The molecular weight excluding hydrogens is 204 g/mol. The fraction of sp³-hybridized carbons (Fsp3) is 0.583. The number of furan rings is 1. The first kappa shape index (κ1) is 11.2. The van der Waals surface area contributed by atoms with Crippen LogP contribution in [0.4, 0.5) is 0 Å². The highest BCUT2D eigenvalue weighted by molar-refractivity contribution is 5.94. The van der Waals surface area contributed by atoms with Crippen molar-refractivity contribution >= 4 is 5.91 Å². The molecule has 0 saturated heterocycles. The molecule has 1 unspecified atom stereocenters. The zero-order chi connectivity index (χ0) is 11.7. The molecule has 1 aliphatic rings. The Morgan fingerprint density at radius 2 is 2.38 bits per heavy atom. The van der Waals surface area contributed by atoms with Crippen LogP contribution in [-0.4, -0.2) is 30.4 Å². The maximum absolute atomic E-state index is 12.1. The number of hydrogen-bond acceptors (Lipinski definition) is 3. The number of aryl methyl sites for hydroxylation is 1. The van der Waals surface area contributed by atoms with Crippen molar-refractivity contribution in [3.8, 4) is 0 Å². The first-order valence-electron chi connectivity index (χ1n) is 5.66. The number of carbonyl (C=O) groups excluding carboxylic acids is 1. The van der Waals surface area contributed by atoms with Gasteiger partial charge in [0, 0.05) is 19.6 Å². The molecule has 1 aliphatic carbocycles. The summed E-state index contributed by atoms with van der Waals surface area (Å²) in [5.41, 5.74) is 6.33. The van der Waals surface area contributed by atoms with E-state index in [0.717, 1.165) is 5.76 Å². The van der Waals surface area contributed by atoms with Gasteiger partial charge >= 0.3 is 0 Å². The minimum atomic E-state index is -0.000741. The summed E-state index contributed by atoms with van der Waals surface area (Å²) in [6.07, 6.45) is 3.88. The molecule has 0 spiro atoms. The Labute approximate surface area is 95.4 Å². The smallest absolute Gasteiger partial charge is 0.257 e. The second-order valence-electron chi connectivity index (χ2n) is 4.50. The van der Waals surface area contributed by atoms with Gasteiger partial charge in [0.2, 0.25) is 0 Å². The lowest BCUT2D eigenvalue weighted by molar-refractivity contribution is 0.0718. The van der Waals surface area contributed by atoms with Gasteiger partial charge in [-0.2, -0.15) is 0 Å². The predicted molar refractivity (Wildman–Crippen MR) is 61.1 cm³/mol. The molecule has 2 N–H and O–H groups in total. The highest BCUT2D eigenvalue weighted by Crippen LogP contribution is 2.34. The molecular formula is C12H18N2O2. The van der Waals surface area contributed by atoms with Crippen LogP contribution >= 0.6 is 0 Å². The fourth-order valence-electron chi connectivity index (χ4n) is 2.06. The summed E-state index contributed by atoms with van der Waals surface area (Å²) in [6.45, 7) is 2.36. The van der Waals surface area contributed by atoms with E-state index in [-0.39, 0.29) is 11.9 Å². The van der Waals surface area contributed by atoms with Crippen molar-refractivity contribution in [3.05, 3.63) is 23.7 Å². The largest absolute Gasteiger partial charge is 0.469 e. The van der Waals surface area contributed by atoms with E-state index < -0.39 is 0 Å². The van der Waals surface area contributed by atoms with E-state index in [1.807, 2.05) is 14.0 Å². The molecule has 0 aromatic carbocycles. The maximum atomic E-state index is 12.1. The molecule has 1 fully saturated rings. The average molecular weight is 222 g/mol. The summed E-state index contributed by atoms with van der Waals surface area (Å²) >= 11 is 0. The number of carbonyl (C=O) groups is 1. The van der Waals surface area contributed by atoms with Crippen LogP contribution in [0.3, 0.4) is 0 Å². The molecule has 1 amide bonds. The zero-order valence-electron chi connectivity index (χ0n) is 9.77. The Morgan fingerprint density at radius 1 is 1.69 bits per heavy atom. The summed E-state index contributed by atoms with van der Waals surface area (Å²) in [7, 11) is 1.82. The van der Waals surface area contributed by atoms with E-state index in [4.69, 9.17) is 10.2 Å². The van der Waals surface area contributed by atoms with Crippen LogP contribution < -0.4 is 5.73 Å². The van der Waals surface area contributed by atoms with E-state index in [9.17, 15) is 4.79 Å². The Morgan fingerprint density at radius 3 is 2.81 bits per heavy atom. The minimum Gasteiger partial charge on any atom is -0.469 e. The monoisotopic (exact) mass is 222 g/mol. The van der Waals surface area contributed by atoms with Crippen molar-refractivity contribution in [1.82, 2.24) is 4.90 Å². The molecule has 2 rings (SSSR count). The van der Waals surface area contributed by atoms with Gasteiger partial charge in [0.1, 0.15) is 12.0 Å². The standard InChI is InChI=1S/C12H18N2O2/c1-8-5-10(7-16-8)12(15)14(2)11(6-13)9-3-4-9/h5,7,9,11H,3-4,6,13H2,1-2H3. The van der Waals surface area contributed by atoms with Crippen LogP contribution in [0.2, 0.25) is 0 Å². The van der Waals surface area contributed by atoms with Gasteiger partial charge in [-0.1, -0.05) is 0 Å². The van der Waals surface area contributed by atoms with Crippen molar-refractivity contribution in [2.45, 2.75) is 25.8 Å². The summed E-state index contributed by atoms with van der Waals surface area (Å²) in [5.74, 6) is 1.35. The van der Waals surface area contributed by atoms with Crippen LogP contribution in [0.25, 0.3) is 0 Å². The average Bonchev–Trinajstić information content (AvgIpc) is 3.00. The van der Waals surface area contributed by atoms with Gasteiger partial charge in [0.05, 0.1) is 5.56 Å². The molecule has 0 aliphatic heterocycles. The van der Waals surface area contributed by atoms with E-state index in [1.54, 1.807) is 11.0 Å². The number of rotatable bonds is 4. The van der Waals surface area contributed by atoms with Crippen LogP contribution in [0.5, 0.6) is 0 Å². The molecule has 16 heavy (non-hydrogen) atoms. The predicted octanol–water partition coefficient (Wildman–Crippen LogP) is 1.40. The summed E-state index contributed by atoms with van der Waals surface area (Å²) in [6, 6.07) is 1.93. The van der Waals surface area contributed by atoms with Crippen molar-refractivity contribution in [2.24, 2.45) is 11.7 Å². The summed E-state index contributed by atoms with van der Waals surface area (Å²) < 4.78 is 5.15.